The minimum absolute atomic E-state index is 0.0550. The summed E-state index contributed by atoms with van der Waals surface area (Å²) < 4.78 is 5.76. The molecule has 6 nitrogen and oxygen atoms in total. The fourth-order valence-corrected chi connectivity index (χ4v) is 3.43. The number of carbonyl (C=O) groups is 2. The van der Waals surface area contributed by atoms with Crippen LogP contribution in [-0.4, -0.2) is 18.0 Å². The quantitative estimate of drug-likeness (QED) is 0.358. The van der Waals surface area contributed by atoms with Gasteiger partial charge in [0.05, 0.1) is 6.21 Å². The monoisotopic (exact) mass is 443 g/mol. The fraction of sp³-hybridized carbons (Fsp3) is 0.222. The van der Waals surface area contributed by atoms with E-state index in [9.17, 15) is 9.59 Å². The number of carbonyl (C=O) groups excluding carboxylic acids is 2. The molecule has 0 unspecified atom stereocenters. The summed E-state index contributed by atoms with van der Waals surface area (Å²) in [6, 6.07) is 21.4. The van der Waals surface area contributed by atoms with Crippen molar-refractivity contribution in [3.63, 3.8) is 0 Å². The Hall–Kier alpha value is -3.93. The van der Waals surface area contributed by atoms with Gasteiger partial charge in [-0.2, -0.15) is 5.10 Å². The Labute approximate surface area is 194 Å². The number of hydrazone groups is 1. The molecule has 0 aliphatic carbocycles. The number of ether oxygens (including phenoxy) is 1. The number of aryl methyl sites for hydroxylation is 3. The van der Waals surface area contributed by atoms with E-state index in [0.29, 0.717) is 6.61 Å². The Balaban J connectivity index is 1.40. The number of nitrogens with zero attached hydrogens (tertiary/aromatic N) is 1. The number of benzene rings is 3. The number of nitrogens with one attached hydrogen (secondary N) is 2. The Morgan fingerprint density at radius 3 is 2.18 bits per heavy atom. The standard InChI is InChI=1S/C27H29N3O3/c1-19-15-20(2)27(21(3)16-19)29-25(31)13-14-26(32)30-28-17-22-9-11-24(12-10-22)33-18-23-7-5-4-6-8-23/h4-12,15-17H,13-14,18H2,1-3H3,(H,29,31)(H,30,32)/b28-17+. The van der Waals surface area contributed by atoms with Gasteiger partial charge in [0.2, 0.25) is 11.8 Å². The molecule has 0 aliphatic rings. The van der Waals surface area contributed by atoms with Crippen LogP contribution in [0.1, 0.15) is 40.7 Å². The van der Waals surface area contributed by atoms with Gasteiger partial charge >= 0.3 is 0 Å². The molecule has 0 spiro atoms. The number of amides is 2. The van der Waals surface area contributed by atoms with Gasteiger partial charge in [-0.15, -0.1) is 0 Å². The molecule has 0 heterocycles. The summed E-state index contributed by atoms with van der Waals surface area (Å²) in [5.41, 5.74) is 8.35. The third-order valence-electron chi connectivity index (χ3n) is 5.05. The smallest absolute Gasteiger partial charge is 0.240 e. The average molecular weight is 444 g/mol. The molecule has 2 N–H and O–H groups in total. The first-order valence-corrected chi connectivity index (χ1v) is 10.9. The lowest BCUT2D eigenvalue weighted by Gasteiger charge is -2.12. The van der Waals surface area contributed by atoms with Crippen molar-refractivity contribution in [1.29, 1.82) is 0 Å². The van der Waals surface area contributed by atoms with Crippen LogP contribution in [0.15, 0.2) is 71.8 Å². The summed E-state index contributed by atoms with van der Waals surface area (Å²) in [4.78, 5) is 24.3. The van der Waals surface area contributed by atoms with Crippen LogP contribution in [0.25, 0.3) is 0 Å². The van der Waals surface area contributed by atoms with E-state index in [4.69, 9.17) is 4.74 Å². The molecule has 0 saturated carbocycles. The lowest BCUT2D eigenvalue weighted by atomic mass is 10.0. The maximum Gasteiger partial charge on any atom is 0.240 e. The van der Waals surface area contributed by atoms with Crippen LogP contribution in [0.5, 0.6) is 5.75 Å². The third-order valence-corrected chi connectivity index (χ3v) is 5.05. The zero-order chi connectivity index (χ0) is 23.6. The minimum Gasteiger partial charge on any atom is -0.489 e. The Morgan fingerprint density at radius 2 is 1.52 bits per heavy atom. The van der Waals surface area contributed by atoms with E-state index in [2.05, 4.69) is 15.8 Å². The maximum absolute atomic E-state index is 12.2. The number of hydrogen-bond acceptors (Lipinski definition) is 4. The summed E-state index contributed by atoms with van der Waals surface area (Å²) in [7, 11) is 0. The third kappa shape index (κ3) is 7.61. The average Bonchev–Trinajstić information content (AvgIpc) is 2.80. The van der Waals surface area contributed by atoms with E-state index < -0.39 is 0 Å². The highest BCUT2D eigenvalue weighted by Gasteiger charge is 2.10. The SMILES string of the molecule is Cc1cc(C)c(NC(=O)CCC(=O)N/N=C/c2ccc(OCc3ccccc3)cc2)c(C)c1. The largest absolute Gasteiger partial charge is 0.489 e. The van der Waals surface area contributed by atoms with Crippen molar-refractivity contribution in [2.24, 2.45) is 5.10 Å². The summed E-state index contributed by atoms with van der Waals surface area (Å²) in [6.45, 7) is 6.43. The molecule has 170 valence electrons. The molecule has 0 aromatic heterocycles. The van der Waals surface area contributed by atoms with Crippen LogP contribution in [0, 0.1) is 20.8 Å². The molecule has 0 bridgehead atoms. The summed E-state index contributed by atoms with van der Waals surface area (Å²) in [6.07, 6.45) is 1.69. The molecule has 0 saturated heterocycles. The van der Waals surface area contributed by atoms with Gasteiger partial charge in [-0.1, -0.05) is 48.0 Å². The first kappa shape index (κ1) is 23.7. The van der Waals surface area contributed by atoms with Crippen molar-refractivity contribution >= 4 is 23.7 Å². The zero-order valence-electron chi connectivity index (χ0n) is 19.2. The fourth-order valence-electron chi connectivity index (χ4n) is 3.43. The van der Waals surface area contributed by atoms with Crippen molar-refractivity contribution in [2.45, 2.75) is 40.2 Å². The van der Waals surface area contributed by atoms with E-state index in [1.807, 2.05) is 87.5 Å². The first-order valence-electron chi connectivity index (χ1n) is 10.9. The van der Waals surface area contributed by atoms with Crippen LogP contribution in [0.4, 0.5) is 5.69 Å². The molecule has 0 aliphatic heterocycles. The summed E-state index contributed by atoms with van der Waals surface area (Å²) in [5, 5.41) is 6.87. The second kappa shape index (κ2) is 11.6. The van der Waals surface area contributed by atoms with E-state index in [-0.39, 0.29) is 24.7 Å². The molecule has 3 aromatic carbocycles. The van der Waals surface area contributed by atoms with Gasteiger partial charge in [0, 0.05) is 18.5 Å². The number of rotatable bonds is 9. The second-order valence-corrected chi connectivity index (χ2v) is 7.96. The first-order chi connectivity index (χ1) is 15.9. The minimum atomic E-state index is -0.318. The highest BCUT2D eigenvalue weighted by molar-refractivity contribution is 5.94. The molecule has 3 rings (SSSR count). The van der Waals surface area contributed by atoms with Crippen LogP contribution in [0.2, 0.25) is 0 Å². The summed E-state index contributed by atoms with van der Waals surface area (Å²) in [5.74, 6) is 0.238. The molecule has 0 radical (unpaired) electrons. The van der Waals surface area contributed by atoms with Crippen LogP contribution in [0.3, 0.4) is 0 Å². The van der Waals surface area contributed by atoms with E-state index in [1.165, 1.54) is 0 Å². The molecule has 0 atom stereocenters. The van der Waals surface area contributed by atoms with Crippen LogP contribution in [-0.2, 0) is 16.2 Å². The zero-order valence-corrected chi connectivity index (χ0v) is 19.2. The molecule has 3 aromatic rings. The van der Waals surface area contributed by atoms with Gasteiger partial charge in [-0.25, -0.2) is 5.43 Å². The summed E-state index contributed by atoms with van der Waals surface area (Å²) >= 11 is 0. The van der Waals surface area contributed by atoms with Crippen molar-refractivity contribution in [3.8, 4) is 5.75 Å². The van der Waals surface area contributed by atoms with Crippen LogP contribution < -0.4 is 15.5 Å². The van der Waals surface area contributed by atoms with Crippen molar-refractivity contribution < 1.29 is 14.3 Å². The van der Waals surface area contributed by atoms with Gasteiger partial charge in [-0.05, 0) is 67.3 Å². The normalized spacial score (nSPS) is 10.8. The van der Waals surface area contributed by atoms with Gasteiger partial charge in [-0.3, -0.25) is 9.59 Å². The van der Waals surface area contributed by atoms with E-state index in [0.717, 1.165) is 39.3 Å². The van der Waals surface area contributed by atoms with Crippen molar-refractivity contribution in [2.75, 3.05) is 5.32 Å². The van der Waals surface area contributed by atoms with Gasteiger partial charge in [0.15, 0.2) is 0 Å². The number of anilines is 1. The Morgan fingerprint density at radius 1 is 0.879 bits per heavy atom. The molecule has 2 amide bonds. The lowest BCUT2D eigenvalue weighted by Crippen LogP contribution is -2.21. The van der Waals surface area contributed by atoms with Crippen molar-refractivity contribution in [3.05, 3.63) is 94.5 Å². The van der Waals surface area contributed by atoms with Gasteiger partial charge in [0.25, 0.3) is 0 Å². The number of hydrogen-bond donors (Lipinski definition) is 2. The maximum atomic E-state index is 12.2. The lowest BCUT2D eigenvalue weighted by molar-refractivity contribution is -0.124. The molecule has 33 heavy (non-hydrogen) atoms. The molecular weight excluding hydrogens is 414 g/mol. The highest BCUT2D eigenvalue weighted by Crippen LogP contribution is 2.22. The van der Waals surface area contributed by atoms with E-state index in [1.54, 1.807) is 6.21 Å². The van der Waals surface area contributed by atoms with Gasteiger partial charge < -0.3 is 10.1 Å². The van der Waals surface area contributed by atoms with Crippen LogP contribution >= 0.6 is 0 Å². The Bertz CT molecular complexity index is 1100. The van der Waals surface area contributed by atoms with Gasteiger partial charge in [0.1, 0.15) is 12.4 Å². The predicted molar refractivity (Wildman–Crippen MR) is 131 cm³/mol. The molecule has 0 fully saturated rings. The molecule has 6 heteroatoms. The van der Waals surface area contributed by atoms with E-state index >= 15 is 0 Å². The van der Waals surface area contributed by atoms with Crippen molar-refractivity contribution in [1.82, 2.24) is 5.43 Å². The molecular formula is C27H29N3O3. The predicted octanol–water partition coefficient (Wildman–Crippen LogP) is 5.06. The highest BCUT2D eigenvalue weighted by atomic mass is 16.5. The second-order valence-electron chi connectivity index (χ2n) is 7.96. The Kier molecular flexibility index (Phi) is 8.36. The topological polar surface area (TPSA) is 79.8 Å².